The summed E-state index contributed by atoms with van der Waals surface area (Å²) in [5.41, 5.74) is 0. The fourth-order valence-corrected chi connectivity index (χ4v) is 4.92. The Morgan fingerprint density at radius 3 is 2.45 bits per heavy atom. The summed E-state index contributed by atoms with van der Waals surface area (Å²) in [5, 5.41) is 3.77. The third-order valence-corrected chi connectivity index (χ3v) is 6.06. The maximum Gasteiger partial charge on any atom is 0.00728 e. The molecule has 20 heavy (non-hydrogen) atoms. The van der Waals surface area contributed by atoms with Crippen molar-refractivity contribution in [2.24, 2.45) is 11.8 Å². The van der Waals surface area contributed by atoms with Gasteiger partial charge < -0.3 is 10.2 Å². The van der Waals surface area contributed by atoms with E-state index in [0.717, 1.165) is 23.9 Å². The van der Waals surface area contributed by atoms with Crippen molar-refractivity contribution in [3.05, 3.63) is 0 Å². The SMILES string of the molecule is CCCC1CCCN(CCC2CC3CCC(C2)N3)CC1. The number of nitrogens with zero attached hydrogens (tertiary/aromatic N) is 1. The predicted octanol–water partition coefficient (Wildman–Crippen LogP) is 3.81. The van der Waals surface area contributed by atoms with E-state index in [4.69, 9.17) is 0 Å². The number of hydrogen-bond donors (Lipinski definition) is 1. The molecule has 3 rings (SSSR count). The van der Waals surface area contributed by atoms with Crippen LogP contribution in [0.1, 0.15) is 71.1 Å². The molecule has 0 aromatic rings. The van der Waals surface area contributed by atoms with E-state index in [9.17, 15) is 0 Å². The van der Waals surface area contributed by atoms with E-state index in [-0.39, 0.29) is 0 Å². The molecule has 3 unspecified atom stereocenters. The lowest BCUT2D eigenvalue weighted by Crippen LogP contribution is -2.39. The lowest BCUT2D eigenvalue weighted by atomic mass is 9.89. The first-order chi connectivity index (χ1) is 9.83. The Kier molecular flexibility index (Phi) is 5.39. The molecule has 3 fully saturated rings. The smallest absolute Gasteiger partial charge is 0.00728 e. The number of fused-ring (bicyclic) bond motifs is 2. The van der Waals surface area contributed by atoms with E-state index in [1.165, 1.54) is 83.8 Å². The Labute approximate surface area is 125 Å². The molecule has 0 saturated carbocycles. The lowest BCUT2D eigenvalue weighted by Gasteiger charge is -2.31. The topological polar surface area (TPSA) is 15.3 Å². The van der Waals surface area contributed by atoms with Gasteiger partial charge in [-0.05, 0) is 82.8 Å². The van der Waals surface area contributed by atoms with Crippen LogP contribution in [0.4, 0.5) is 0 Å². The summed E-state index contributed by atoms with van der Waals surface area (Å²) < 4.78 is 0. The zero-order chi connectivity index (χ0) is 13.8. The lowest BCUT2D eigenvalue weighted by molar-refractivity contribution is 0.221. The second-order valence-corrected chi connectivity index (χ2v) is 7.69. The van der Waals surface area contributed by atoms with Gasteiger partial charge in [0, 0.05) is 12.1 Å². The Balaban J connectivity index is 1.38. The molecule has 3 aliphatic rings. The molecule has 0 radical (unpaired) electrons. The highest BCUT2D eigenvalue weighted by Gasteiger charge is 2.33. The summed E-state index contributed by atoms with van der Waals surface area (Å²) in [5.74, 6) is 2.04. The summed E-state index contributed by atoms with van der Waals surface area (Å²) in [4.78, 5) is 2.78. The fourth-order valence-electron chi connectivity index (χ4n) is 4.92. The molecule has 0 amide bonds. The highest BCUT2D eigenvalue weighted by molar-refractivity contribution is 4.92. The molecule has 0 aliphatic carbocycles. The van der Waals surface area contributed by atoms with Gasteiger partial charge in [-0.1, -0.05) is 19.8 Å². The van der Waals surface area contributed by atoms with Crippen molar-refractivity contribution < 1.29 is 0 Å². The van der Waals surface area contributed by atoms with Crippen LogP contribution in [-0.4, -0.2) is 36.6 Å². The van der Waals surface area contributed by atoms with Gasteiger partial charge in [0.25, 0.3) is 0 Å². The van der Waals surface area contributed by atoms with E-state index in [2.05, 4.69) is 17.1 Å². The Morgan fingerprint density at radius 1 is 0.900 bits per heavy atom. The largest absolute Gasteiger partial charge is 0.311 e. The van der Waals surface area contributed by atoms with Gasteiger partial charge in [0.2, 0.25) is 0 Å². The van der Waals surface area contributed by atoms with Crippen LogP contribution in [-0.2, 0) is 0 Å². The normalized spacial score (nSPS) is 38.9. The molecule has 3 atom stereocenters. The fraction of sp³-hybridized carbons (Fsp3) is 1.00. The molecule has 1 N–H and O–H groups in total. The minimum absolute atomic E-state index is 0.872. The van der Waals surface area contributed by atoms with Gasteiger partial charge in [-0.3, -0.25) is 0 Å². The van der Waals surface area contributed by atoms with Crippen molar-refractivity contribution in [1.29, 1.82) is 0 Å². The van der Waals surface area contributed by atoms with Crippen LogP contribution in [0.25, 0.3) is 0 Å². The van der Waals surface area contributed by atoms with E-state index >= 15 is 0 Å². The highest BCUT2D eigenvalue weighted by atomic mass is 15.1. The summed E-state index contributed by atoms with van der Waals surface area (Å²) in [6, 6.07) is 1.74. The van der Waals surface area contributed by atoms with Crippen molar-refractivity contribution >= 4 is 0 Å². The molecule has 3 heterocycles. The van der Waals surface area contributed by atoms with E-state index in [1.807, 2.05) is 0 Å². The van der Waals surface area contributed by atoms with E-state index in [0.29, 0.717) is 0 Å². The molecule has 0 spiro atoms. The zero-order valence-corrected chi connectivity index (χ0v) is 13.4. The van der Waals surface area contributed by atoms with Gasteiger partial charge in [-0.15, -0.1) is 0 Å². The van der Waals surface area contributed by atoms with Crippen LogP contribution in [0.15, 0.2) is 0 Å². The van der Waals surface area contributed by atoms with Gasteiger partial charge >= 0.3 is 0 Å². The standard InChI is InChI=1S/C18H34N2/c1-2-4-15-5-3-10-20(11-8-15)12-9-16-13-17-6-7-18(14-16)19-17/h15-19H,2-14H2,1H3. The number of likely N-dealkylation sites (tertiary alicyclic amines) is 1. The quantitative estimate of drug-likeness (QED) is 0.822. The first-order valence-electron chi connectivity index (χ1n) is 9.32. The predicted molar refractivity (Wildman–Crippen MR) is 86.0 cm³/mol. The van der Waals surface area contributed by atoms with Crippen molar-refractivity contribution in [1.82, 2.24) is 10.2 Å². The van der Waals surface area contributed by atoms with Gasteiger partial charge in [-0.2, -0.15) is 0 Å². The van der Waals surface area contributed by atoms with Crippen molar-refractivity contribution in [3.8, 4) is 0 Å². The maximum absolute atomic E-state index is 3.77. The van der Waals surface area contributed by atoms with Crippen LogP contribution in [0.2, 0.25) is 0 Å². The molecule has 0 aromatic carbocycles. The number of nitrogens with one attached hydrogen (secondary N) is 1. The molecular formula is C18H34N2. The van der Waals surface area contributed by atoms with Crippen LogP contribution >= 0.6 is 0 Å². The molecular weight excluding hydrogens is 244 g/mol. The van der Waals surface area contributed by atoms with Gasteiger partial charge in [0.1, 0.15) is 0 Å². The number of hydrogen-bond acceptors (Lipinski definition) is 2. The highest BCUT2D eigenvalue weighted by Crippen LogP contribution is 2.33. The van der Waals surface area contributed by atoms with E-state index in [1.54, 1.807) is 0 Å². The van der Waals surface area contributed by atoms with E-state index < -0.39 is 0 Å². The first kappa shape index (κ1) is 14.8. The number of piperidine rings is 1. The van der Waals surface area contributed by atoms with Gasteiger partial charge in [0.05, 0.1) is 0 Å². The van der Waals surface area contributed by atoms with Crippen LogP contribution in [0.3, 0.4) is 0 Å². The average molecular weight is 278 g/mol. The van der Waals surface area contributed by atoms with Crippen molar-refractivity contribution in [3.63, 3.8) is 0 Å². The Hall–Kier alpha value is -0.0800. The minimum atomic E-state index is 0.872. The van der Waals surface area contributed by atoms with Crippen LogP contribution < -0.4 is 5.32 Å². The summed E-state index contributed by atoms with van der Waals surface area (Å²) in [6.07, 6.45) is 14.5. The summed E-state index contributed by atoms with van der Waals surface area (Å²) >= 11 is 0. The second-order valence-electron chi connectivity index (χ2n) is 7.69. The maximum atomic E-state index is 3.77. The Bertz CT molecular complexity index is 279. The van der Waals surface area contributed by atoms with Crippen LogP contribution in [0, 0.1) is 11.8 Å². The molecule has 2 bridgehead atoms. The summed E-state index contributed by atoms with van der Waals surface area (Å²) in [6.45, 7) is 6.47. The summed E-state index contributed by atoms with van der Waals surface area (Å²) in [7, 11) is 0. The van der Waals surface area contributed by atoms with Gasteiger partial charge in [0.15, 0.2) is 0 Å². The third kappa shape index (κ3) is 3.98. The first-order valence-corrected chi connectivity index (χ1v) is 9.32. The van der Waals surface area contributed by atoms with Crippen LogP contribution in [0.5, 0.6) is 0 Å². The monoisotopic (exact) mass is 278 g/mol. The number of rotatable bonds is 5. The average Bonchev–Trinajstić information content (AvgIpc) is 2.66. The Morgan fingerprint density at radius 2 is 1.70 bits per heavy atom. The third-order valence-electron chi connectivity index (χ3n) is 6.06. The molecule has 116 valence electrons. The molecule has 3 aliphatic heterocycles. The zero-order valence-electron chi connectivity index (χ0n) is 13.4. The molecule has 2 heteroatoms. The molecule has 3 saturated heterocycles. The van der Waals surface area contributed by atoms with Crippen molar-refractivity contribution in [2.45, 2.75) is 83.2 Å². The van der Waals surface area contributed by atoms with Crippen molar-refractivity contribution in [2.75, 3.05) is 19.6 Å². The second kappa shape index (κ2) is 7.26. The van der Waals surface area contributed by atoms with Gasteiger partial charge in [-0.25, -0.2) is 0 Å². The molecule has 2 nitrogen and oxygen atoms in total. The molecule has 0 aromatic heterocycles. The minimum Gasteiger partial charge on any atom is -0.311 e.